The highest BCUT2D eigenvalue weighted by Crippen LogP contribution is 1.80. The van der Waals surface area contributed by atoms with Crippen molar-refractivity contribution in [2.75, 3.05) is 7.11 Å². The van der Waals surface area contributed by atoms with Gasteiger partial charge < -0.3 is 4.74 Å². The van der Waals surface area contributed by atoms with E-state index in [4.69, 9.17) is 0 Å². The molecule has 0 saturated heterocycles. The Morgan fingerprint density at radius 3 is 2.78 bits per heavy atom. The fourth-order valence-corrected chi connectivity index (χ4v) is 0.295. The van der Waals surface area contributed by atoms with Gasteiger partial charge in [0.15, 0.2) is 0 Å². The number of esters is 1. The van der Waals surface area contributed by atoms with Crippen LogP contribution >= 0.6 is 0 Å². The van der Waals surface area contributed by atoms with Crippen LogP contribution in [0.25, 0.3) is 0 Å². The summed E-state index contributed by atoms with van der Waals surface area (Å²) in [6.45, 7) is 3.48. The van der Waals surface area contributed by atoms with E-state index in [0.29, 0.717) is 6.42 Å². The van der Waals surface area contributed by atoms with Crippen molar-refractivity contribution >= 4 is 5.97 Å². The van der Waals surface area contributed by atoms with Crippen molar-refractivity contribution in [2.45, 2.75) is 12.8 Å². The molecule has 1 radical (unpaired) electrons. The fourth-order valence-electron chi connectivity index (χ4n) is 0.295. The lowest BCUT2D eigenvalue weighted by molar-refractivity contribution is -0.139. The molecular formula is C7H9O2. The van der Waals surface area contributed by atoms with Crippen molar-refractivity contribution in [1.29, 1.82) is 0 Å². The van der Waals surface area contributed by atoms with Crippen LogP contribution in [-0.4, -0.2) is 13.1 Å². The third-order valence-electron chi connectivity index (χ3n) is 0.710. The van der Waals surface area contributed by atoms with Gasteiger partial charge in [0.25, 0.3) is 0 Å². The lowest BCUT2D eigenvalue weighted by Gasteiger charge is -1.88. The number of hydrogen-bond donors (Lipinski definition) is 0. The molecule has 2 heteroatoms. The molecule has 0 aromatic heterocycles. The molecule has 0 aliphatic heterocycles. The predicted octanol–water partition coefficient (Wildman–Crippen LogP) is 0.777. The summed E-state index contributed by atoms with van der Waals surface area (Å²) in [7, 11) is 1.34. The Morgan fingerprint density at radius 2 is 2.33 bits per heavy atom. The summed E-state index contributed by atoms with van der Waals surface area (Å²) in [5.41, 5.74) is 0. The van der Waals surface area contributed by atoms with Crippen LogP contribution in [0.3, 0.4) is 0 Å². The molecule has 9 heavy (non-hydrogen) atoms. The maximum Gasteiger partial charge on any atom is 0.317 e. The van der Waals surface area contributed by atoms with E-state index in [1.165, 1.54) is 7.11 Å². The van der Waals surface area contributed by atoms with E-state index in [-0.39, 0.29) is 12.4 Å². The average molecular weight is 125 g/mol. The molecule has 0 aromatic carbocycles. The van der Waals surface area contributed by atoms with E-state index in [9.17, 15) is 4.79 Å². The van der Waals surface area contributed by atoms with Gasteiger partial charge in [0.2, 0.25) is 0 Å². The highest BCUT2D eigenvalue weighted by molar-refractivity contribution is 5.72. The lowest BCUT2D eigenvalue weighted by atomic mass is 10.4. The number of ether oxygens (including phenoxy) is 1. The van der Waals surface area contributed by atoms with E-state index in [1.54, 1.807) is 0 Å². The number of rotatable bonds is 1. The Balaban J connectivity index is 3.37. The first-order chi connectivity index (χ1) is 4.31. The Bertz CT molecular complexity index is 139. The van der Waals surface area contributed by atoms with Crippen LogP contribution in [0.4, 0.5) is 0 Å². The molecule has 0 rings (SSSR count). The predicted molar refractivity (Wildman–Crippen MR) is 34.4 cm³/mol. The Labute approximate surface area is 55.2 Å². The van der Waals surface area contributed by atoms with E-state index in [2.05, 4.69) is 23.5 Å². The largest absolute Gasteiger partial charge is 0.468 e. The molecule has 0 saturated carbocycles. The molecule has 0 N–H and O–H groups in total. The Hall–Kier alpha value is -0.970. The van der Waals surface area contributed by atoms with Crippen molar-refractivity contribution in [3.05, 3.63) is 6.92 Å². The SMILES string of the molecule is [CH2]CC#CCC(=O)OC. The topological polar surface area (TPSA) is 26.3 Å². The molecule has 0 fully saturated rings. The highest BCUT2D eigenvalue weighted by atomic mass is 16.5. The summed E-state index contributed by atoms with van der Waals surface area (Å²) < 4.78 is 4.33. The molecule has 0 aromatic rings. The number of hydrogen-bond acceptors (Lipinski definition) is 2. The summed E-state index contributed by atoms with van der Waals surface area (Å²) in [5.74, 6) is 4.95. The van der Waals surface area contributed by atoms with Crippen molar-refractivity contribution in [1.82, 2.24) is 0 Å². The number of methoxy groups -OCH3 is 1. The third-order valence-corrected chi connectivity index (χ3v) is 0.710. The summed E-state index contributed by atoms with van der Waals surface area (Å²) in [5, 5.41) is 0. The maximum atomic E-state index is 10.3. The molecule has 0 aliphatic carbocycles. The quantitative estimate of drug-likeness (QED) is 0.382. The van der Waals surface area contributed by atoms with E-state index < -0.39 is 0 Å². The first-order valence-electron chi connectivity index (χ1n) is 2.63. The van der Waals surface area contributed by atoms with Crippen molar-refractivity contribution in [3.8, 4) is 11.8 Å². The van der Waals surface area contributed by atoms with Crippen LogP contribution in [0, 0.1) is 18.8 Å². The summed E-state index contributed by atoms with van der Waals surface area (Å²) in [4.78, 5) is 10.3. The van der Waals surface area contributed by atoms with Gasteiger partial charge in [-0.05, 0) is 6.92 Å². The van der Waals surface area contributed by atoms with Gasteiger partial charge >= 0.3 is 5.97 Å². The van der Waals surface area contributed by atoms with Crippen molar-refractivity contribution < 1.29 is 9.53 Å². The second kappa shape index (κ2) is 5.17. The van der Waals surface area contributed by atoms with Gasteiger partial charge in [-0.3, -0.25) is 4.79 Å². The summed E-state index contributed by atoms with van der Waals surface area (Å²) in [6, 6.07) is 0. The van der Waals surface area contributed by atoms with Crippen LogP contribution in [-0.2, 0) is 9.53 Å². The van der Waals surface area contributed by atoms with Crippen LogP contribution in [0.1, 0.15) is 12.8 Å². The number of carbonyl (C=O) groups is 1. The van der Waals surface area contributed by atoms with E-state index in [0.717, 1.165) is 0 Å². The van der Waals surface area contributed by atoms with Gasteiger partial charge in [-0.25, -0.2) is 0 Å². The molecule has 0 aliphatic rings. The summed E-state index contributed by atoms with van der Waals surface area (Å²) >= 11 is 0. The van der Waals surface area contributed by atoms with Gasteiger partial charge in [-0.15, -0.1) is 5.92 Å². The van der Waals surface area contributed by atoms with Crippen molar-refractivity contribution in [3.63, 3.8) is 0 Å². The van der Waals surface area contributed by atoms with Crippen LogP contribution < -0.4 is 0 Å². The second-order valence-electron chi connectivity index (χ2n) is 1.36. The smallest absolute Gasteiger partial charge is 0.317 e. The highest BCUT2D eigenvalue weighted by Gasteiger charge is 1.91. The molecule has 0 atom stereocenters. The standard InChI is InChI=1S/C7H9O2/c1-3-4-5-6-7(8)9-2/h1,3,6H2,2H3. The minimum atomic E-state index is -0.295. The van der Waals surface area contributed by atoms with E-state index >= 15 is 0 Å². The second-order valence-corrected chi connectivity index (χ2v) is 1.36. The van der Waals surface area contributed by atoms with E-state index in [1.807, 2.05) is 0 Å². The zero-order valence-corrected chi connectivity index (χ0v) is 5.44. The van der Waals surface area contributed by atoms with Crippen molar-refractivity contribution in [2.24, 2.45) is 0 Å². The minimum Gasteiger partial charge on any atom is -0.468 e. The van der Waals surface area contributed by atoms with Gasteiger partial charge in [0, 0.05) is 6.42 Å². The zero-order valence-electron chi connectivity index (χ0n) is 5.44. The molecular weight excluding hydrogens is 116 g/mol. The molecule has 2 nitrogen and oxygen atoms in total. The Morgan fingerprint density at radius 1 is 1.67 bits per heavy atom. The minimum absolute atomic E-state index is 0.173. The van der Waals surface area contributed by atoms with Crippen LogP contribution in [0.15, 0.2) is 0 Å². The first-order valence-corrected chi connectivity index (χ1v) is 2.63. The maximum absolute atomic E-state index is 10.3. The summed E-state index contributed by atoms with van der Waals surface area (Å²) in [6.07, 6.45) is 0.711. The van der Waals surface area contributed by atoms with Crippen LogP contribution in [0.2, 0.25) is 0 Å². The third kappa shape index (κ3) is 4.89. The molecule has 49 valence electrons. The zero-order chi connectivity index (χ0) is 7.11. The molecule has 0 heterocycles. The normalized spacial score (nSPS) is 7.33. The fraction of sp³-hybridized carbons (Fsp3) is 0.429. The monoisotopic (exact) mass is 125 g/mol. The molecule has 0 unspecified atom stereocenters. The Kier molecular flexibility index (Phi) is 4.61. The first kappa shape index (κ1) is 8.03. The lowest BCUT2D eigenvalue weighted by Crippen LogP contribution is -1.96. The van der Waals surface area contributed by atoms with Gasteiger partial charge in [-0.2, -0.15) is 0 Å². The number of carbonyl (C=O) groups excluding carboxylic acids is 1. The van der Waals surface area contributed by atoms with Gasteiger partial charge in [0.05, 0.1) is 7.11 Å². The molecule has 0 bridgehead atoms. The van der Waals surface area contributed by atoms with Gasteiger partial charge in [-0.1, -0.05) is 5.92 Å². The van der Waals surface area contributed by atoms with Gasteiger partial charge in [0.1, 0.15) is 6.42 Å². The van der Waals surface area contributed by atoms with Crippen LogP contribution in [0.5, 0.6) is 0 Å². The average Bonchev–Trinajstić information content (AvgIpc) is 1.89. The molecule has 0 spiro atoms. The molecule has 0 amide bonds.